The number of nitrogens with zero attached hydrogens (tertiary/aromatic N) is 5. The molecule has 226 valence electrons. The van der Waals surface area contributed by atoms with Gasteiger partial charge in [-0.3, -0.25) is 4.79 Å². The van der Waals surface area contributed by atoms with Crippen molar-refractivity contribution in [2.45, 2.75) is 53.1 Å². The van der Waals surface area contributed by atoms with Crippen LogP contribution in [-0.4, -0.2) is 55.9 Å². The summed E-state index contributed by atoms with van der Waals surface area (Å²) >= 11 is 0. The summed E-state index contributed by atoms with van der Waals surface area (Å²) in [5.74, 6) is 0.656. The smallest absolute Gasteiger partial charge is 0.253 e. The number of halogens is 1. The normalized spacial score (nSPS) is 14.1. The summed E-state index contributed by atoms with van der Waals surface area (Å²) in [7, 11) is 0. The molecule has 1 aliphatic heterocycles. The molecule has 4 heterocycles. The number of aromatic nitrogens is 4. The van der Waals surface area contributed by atoms with Gasteiger partial charge in [0, 0.05) is 43.7 Å². The van der Waals surface area contributed by atoms with E-state index in [0.717, 1.165) is 47.1 Å². The number of hydrogen-bond acceptors (Lipinski definition) is 5. The highest BCUT2D eigenvalue weighted by atomic mass is 19.1. The molecule has 0 radical (unpaired) electrons. The van der Waals surface area contributed by atoms with Gasteiger partial charge in [0.2, 0.25) is 0 Å². The van der Waals surface area contributed by atoms with Gasteiger partial charge in [0.1, 0.15) is 11.6 Å². The van der Waals surface area contributed by atoms with E-state index in [1.807, 2.05) is 86.9 Å². The topological polar surface area (TPSA) is 87.7 Å². The van der Waals surface area contributed by atoms with E-state index in [1.165, 1.54) is 12.1 Å². The highest BCUT2D eigenvalue weighted by Gasteiger charge is 2.27. The highest BCUT2D eigenvalue weighted by Crippen LogP contribution is 2.27. The number of amides is 1. The van der Waals surface area contributed by atoms with E-state index in [4.69, 9.17) is 5.10 Å². The molecule has 8 nitrogen and oxygen atoms in total. The quantitative estimate of drug-likeness (QED) is 0.243. The maximum Gasteiger partial charge on any atom is 0.253 e. The molecule has 1 aliphatic rings. The third kappa shape index (κ3) is 7.67. The van der Waals surface area contributed by atoms with E-state index in [0.29, 0.717) is 25.1 Å². The van der Waals surface area contributed by atoms with Gasteiger partial charge in [-0.05, 0) is 62.6 Å². The zero-order valence-corrected chi connectivity index (χ0v) is 25.4. The first-order valence-corrected chi connectivity index (χ1v) is 14.9. The monoisotopic (exact) mass is 584 g/mol. The molecule has 1 atom stereocenters. The molecule has 6 rings (SSSR count). The lowest BCUT2D eigenvalue weighted by Crippen LogP contribution is -2.37. The molecule has 1 saturated heterocycles. The maximum atomic E-state index is 13.3. The molecule has 3 aromatic heterocycles. The van der Waals surface area contributed by atoms with Crippen LogP contribution in [0.4, 0.5) is 10.2 Å². The Morgan fingerprint density at radius 3 is 2.37 bits per heavy atom. The molecule has 0 bridgehead atoms. The molecular weight excluding hydrogens is 543 g/mol. The number of imidazole rings is 1. The Hall–Kier alpha value is -4.50. The minimum atomic E-state index is -0.178. The number of carbonyl (C=O) groups is 1. The first-order valence-electron chi connectivity index (χ1n) is 14.9. The van der Waals surface area contributed by atoms with Crippen molar-refractivity contribution in [2.24, 2.45) is 0 Å². The van der Waals surface area contributed by atoms with Gasteiger partial charge in [-0.15, -0.1) is 5.10 Å². The third-order valence-electron chi connectivity index (χ3n) is 7.32. The van der Waals surface area contributed by atoms with Crippen LogP contribution in [0.15, 0.2) is 85.1 Å². The number of rotatable bonds is 7. The lowest BCUT2D eigenvalue weighted by Gasteiger charge is -2.18. The molecule has 9 heteroatoms. The van der Waals surface area contributed by atoms with Crippen molar-refractivity contribution in [3.8, 4) is 11.3 Å². The van der Waals surface area contributed by atoms with Crippen LogP contribution in [0.5, 0.6) is 0 Å². The summed E-state index contributed by atoms with van der Waals surface area (Å²) in [4.78, 5) is 19.8. The zero-order valence-electron chi connectivity index (χ0n) is 25.4. The molecule has 1 fully saturated rings. The van der Waals surface area contributed by atoms with Crippen LogP contribution in [0.25, 0.3) is 16.9 Å². The van der Waals surface area contributed by atoms with E-state index in [-0.39, 0.29) is 24.4 Å². The maximum absolute atomic E-state index is 13.3. The molecule has 0 spiro atoms. The average Bonchev–Trinajstić information content (AvgIpc) is 3.75. The van der Waals surface area contributed by atoms with Crippen LogP contribution in [-0.2, 0) is 6.54 Å². The molecule has 2 N–H and O–H groups in total. The first kappa shape index (κ1) is 31.4. The Morgan fingerprint density at radius 1 is 1.02 bits per heavy atom. The van der Waals surface area contributed by atoms with Crippen molar-refractivity contribution >= 4 is 17.4 Å². The number of nitrogens with one attached hydrogen (secondary N) is 1. The van der Waals surface area contributed by atoms with Gasteiger partial charge in [0.25, 0.3) is 5.91 Å². The highest BCUT2D eigenvalue weighted by molar-refractivity contribution is 5.97. The molecule has 2 aromatic carbocycles. The summed E-state index contributed by atoms with van der Waals surface area (Å²) in [5, 5.41) is 17.3. The van der Waals surface area contributed by atoms with Crippen LogP contribution in [0.3, 0.4) is 0 Å². The van der Waals surface area contributed by atoms with Crippen LogP contribution in [0.2, 0.25) is 0 Å². The molecule has 0 saturated carbocycles. The second kappa shape index (κ2) is 15.1. The van der Waals surface area contributed by atoms with Crippen molar-refractivity contribution in [1.82, 2.24) is 24.5 Å². The Bertz CT molecular complexity index is 1600. The summed E-state index contributed by atoms with van der Waals surface area (Å²) in [6, 6.07) is 24.0. The van der Waals surface area contributed by atoms with Gasteiger partial charge in [-0.25, -0.2) is 13.9 Å². The van der Waals surface area contributed by atoms with E-state index >= 15 is 0 Å². The molecule has 5 aromatic rings. The summed E-state index contributed by atoms with van der Waals surface area (Å²) in [5.41, 5.74) is 5.49. The van der Waals surface area contributed by atoms with E-state index in [2.05, 4.69) is 19.8 Å². The molecule has 43 heavy (non-hydrogen) atoms. The van der Waals surface area contributed by atoms with Crippen molar-refractivity contribution in [1.29, 1.82) is 0 Å². The van der Waals surface area contributed by atoms with Crippen LogP contribution >= 0.6 is 0 Å². The predicted molar refractivity (Wildman–Crippen MR) is 170 cm³/mol. The second-order valence-corrected chi connectivity index (χ2v) is 10.2. The lowest BCUT2D eigenvalue weighted by molar-refractivity contribution is 0.0939. The van der Waals surface area contributed by atoms with E-state index in [9.17, 15) is 14.3 Å². The van der Waals surface area contributed by atoms with Gasteiger partial charge < -0.3 is 19.9 Å². The van der Waals surface area contributed by atoms with Crippen molar-refractivity contribution in [3.05, 3.63) is 108 Å². The van der Waals surface area contributed by atoms with Crippen LogP contribution in [0, 0.1) is 19.7 Å². The van der Waals surface area contributed by atoms with Crippen molar-refractivity contribution < 1.29 is 14.3 Å². The number of carbonyl (C=O) groups excluding carboxylic acids is 1. The Morgan fingerprint density at radius 2 is 1.72 bits per heavy atom. The van der Waals surface area contributed by atoms with Crippen molar-refractivity contribution in [3.63, 3.8) is 0 Å². The zero-order chi connectivity index (χ0) is 30.8. The minimum Gasteiger partial charge on any atom is -0.396 e. The molecule has 0 unspecified atom stereocenters. The van der Waals surface area contributed by atoms with Gasteiger partial charge >= 0.3 is 0 Å². The summed E-state index contributed by atoms with van der Waals surface area (Å²) in [6.45, 7) is 10.3. The Kier molecular flexibility index (Phi) is 11.0. The number of anilines is 1. The van der Waals surface area contributed by atoms with Crippen LogP contribution in [0.1, 0.15) is 48.4 Å². The SMILES string of the molecule is CC.Cc1c(C(=O)N[C@H]2CCN(c3ccc4ncc(C)n4n3)C2)cc(-c2ccccc2)n1CCCO.Fc1ccccc1. The number of benzene rings is 2. The van der Waals surface area contributed by atoms with Crippen molar-refractivity contribution in [2.75, 3.05) is 24.6 Å². The van der Waals surface area contributed by atoms with Crippen LogP contribution < -0.4 is 10.2 Å². The first-order chi connectivity index (χ1) is 20.9. The summed E-state index contributed by atoms with van der Waals surface area (Å²) in [6.07, 6.45) is 3.32. The number of fused-ring (bicyclic) bond motifs is 1. The second-order valence-electron chi connectivity index (χ2n) is 10.2. The molecule has 1 amide bonds. The van der Waals surface area contributed by atoms with E-state index < -0.39 is 0 Å². The molecular formula is C34H41FN6O2. The van der Waals surface area contributed by atoms with Gasteiger partial charge in [-0.1, -0.05) is 62.4 Å². The molecule has 0 aliphatic carbocycles. The lowest BCUT2D eigenvalue weighted by atomic mass is 10.1. The Labute approximate surface area is 252 Å². The standard InChI is InChI=1S/C26H30N6O2.C6H5F.C2H6/c1-18-16-27-24-9-10-25(29-32(18)24)30-13-11-21(17-30)28-26(34)22-15-23(20-7-4-3-5-8-20)31(19(22)2)12-6-14-33;7-6-4-2-1-3-5-6;1-2/h3-5,7-10,15-16,21,33H,6,11-14,17H2,1-2H3,(H,28,34);1-5H;1-2H3/t21-;;/m0../s1. The van der Waals surface area contributed by atoms with Gasteiger partial charge in [-0.2, -0.15) is 0 Å². The number of aryl methyl sites for hydroxylation is 1. The fourth-order valence-corrected chi connectivity index (χ4v) is 5.15. The number of aliphatic hydroxyl groups excluding tert-OH is 1. The largest absolute Gasteiger partial charge is 0.396 e. The minimum absolute atomic E-state index is 0.0502. The number of hydrogen-bond donors (Lipinski definition) is 2. The average molecular weight is 585 g/mol. The van der Waals surface area contributed by atoms with Gasteiger partial charge in [0.15, 0.2) is 5.65 Å². The fourth-order valence-electron chi connectivity index (χ4n) is 5.15. The Balaban J connectivity index is 0.000000409. The van der Waals surface area contributed by atoms with E-state index in [1.54, 1.807) is 18.2 Å². The predicted octanol–water partition coefficient (Wildman–Crippen LogP) is 6.06. The summed E-state index contributed by atoms with van der Waals surface area (Å²) < 4.78 is 15.9. The fraction of sp³-hybridized carbons (Fsp3) is 0.324. The number of aliphatic hydroxyl groups is 1. The third-order valence-corrected chi connectivity index (χ3v) is 7.32. The van der Waals surface area contributed by atoms with Gasteiger partial charge in [0.05, 0.1) is 17.5 Å².